The predicted molar refractivity (Wildman–Crippen MR) is 107 cm³/mol. The van der Waals surface area contributed by atoms with Gasteiger partial charge in [-0.2, -0.15) is 18.3 Å². The Labute approximate surface area is 172 Å². The summed E-state index contributed by atoms with van der Waals surface area (Å²) in [6, 6.07) is 9.88. The highest BCUT2D eigenvalue weighted by Crippen LogP contribution is 2.31. The molecule has 0 aliphatic carbocycles. The molecule has 1 aromatic carbocycles. The van der Waals surface area contributed by atoms with Gasteiger partial charge < -0.3 is 9.64 Å². The van der Waals surface area contributed by atoms with Gasteiger partial charge in [-0.25, -0.2) is 4.98 Å². The fourth-order valence-corrected chi connectivity index (χ4v) is 3.58. The Morgan fingerprint density at radius 2 is 1.80 bits per heavy atom. The molecule has 0 atom stereocenters. The fraction of sp³-hybridized carbons (Fsp3) is 0.333. The number of pyridine rings is 1. The van der Waals surface area contributed by atoms with Crippen LogP contribution in [-0.4, -0.2) is 53.4 Å². The molecular weight excluding hydrogens is 395 g/mol. The highest BCUT2D eigenvalue weighted by atomic mass is 19.4. The smallest absolute Gasteiger partial charge is 0.416 e. The molecule has 158 valence electrons. The quantitative estimate of drug-likeness (QED) is 0.684. The van der Waals surface area contributed by atoms with Crippen molar-refractivity contribution in [2.75, 3.05) is 38.2 Å². The van der Waals surface area contributed by atoms with Crippen LogP contribution in [0.4, 0.5) is 19.0 Å². The van der Waals surface area contributed by atoms with E-state index in [1.165, 1.54) is 6.20 Å². The lowest BCUT2D eigenvalue weighted by Gasteiger charge is -2.35. The number of hydrogen-bond donors (Lipinski definition) is 1. The zero-order chi connectivity index (χ0) is 21.1. The van der Waals surface area contributed by atoms with Crippen LogP contribution in [-0.2, 0) is 12.7 Å². The number of halogens is 3. The van der Waals surface area contributed by atoms with Gasteiger partial charge in [-0.1, -0.05) is 0 Å². The van der Waals surface area contributed by atoms with Crippen LogP contribution in [0.15, 0.2) is 48.8 Å². The fourth-order valence-electron chi connectivity index (χ4n) is 3.58. The molecule has 1 aliphatic heterocycles. The lowest BCUT2D eigenvalue weighted by atomic mass is 10.1. The summed E-state index contributed by atoms with van der Waals surface area (Å²) in [5, 5.41) is 7.25. The summed E-state index contributed by atoms with van der Waals surface area (Å²) < 4.78 is 44.1. The summed E-state index contributed by atoms with van der Waals surface area (Å²) in [6.07, 6.45) is -1.32. The van der Waals surface area contributed by atoms with Crippen LogP contribution < -0.4 is 9.64 Å². The maximum Gasteiger partial charge on any atom is 0.416 e. The van der Waals surface area contributed by atoms with E-state index in [0.717, 1.165) is 47.8 Å². The molecule has 3 heterocycles. The van der Waals surface area contributed by atoms with E-state index in [4.69, 9.17) is 4.74 Å². The normalized spacial score (nSPS) is 15.4. The molecular formula is C21H22F3N5O. The minimum Gasteiger partial charge on any atom is -0.497 e. The number of alkyl halides is 3. The number of anilines is 1. The second-order valence-corrected chi connectivity index (χ2v) is 7.16. The zero-order valence-electron chi connectivity index (χ0n) is 16.5. The van der Waals surface area contributed by atoms with Gasteiger partial charge in [-0.05, 0) is 36.4 Å². The lowest BCUT2D eigenvalue weighted by molar-refractivity contribution is -0.137. The van der Waals surface area contributed by atoms with E-state index in [1.54, 1.807) is 7.11 Å². The van der Waals surface area contributed by atoms with Crippen LogP contribution in [0, 0.1) is 0 Å². The molecule has 1 aliphatic rings. The first-order valence-corrected chi connectivity index (χ1v) is 9.61. The van der Waals surface area contributed by atoms with Gasteiger partial charge in [0, 0.05) is 50.0 Å². The first kappa shape index (κ1) is 20.2. The van der Waals surface area contributed by atoms with Crippen molar-refractivity contribution < 1.29 is 17.9 Å². The van der Waals surface area contributed by atoms with Crippen molar-refractivity contribution in [2.24, 2.45) is 0 Å². The van der Waals surface area contributed by atoms with Gasteiger partial charge in [0.15, 0.2) is 0 Å². The maximum atomic E-state index is 13.0. The number of methoxy groups -OCH3 is 1. The van der Waals surface area contributed by atoms with Gasteiger partial charge in [0.2, 0.25) is 0 Å². The first-order chi connectivity index (χ1) is 14.4. The highest BCUT2D eigenvalue weighted by Gasteiger charge is 2.31. The highest BCUT2D eigenvalue weighted by molar-refractivity contribution is 5.63. The number of benzene rings is 1. The number of nitrogens with one attached hydrogen (secondary N) is 1. The molecule has 30 heavy (non-hydrogen) atoms. The Balaban J connectivity index is 1.40. The number of hydrogen-bond acceptors (Lipinski definition) is 5. The second kappa shape index (κ2) is 8.35. The summed E-state index contributed by atoms with van der Waals surface area (Å²) in [6.45, 7) is 3.39. The van der Waals surface area contributed by atoms with Crippen molar-refractivity contribution in [1.82, 2.24) is 20.1 Å². The van der Waals surface area contributed by atoms with Gasteiger partial charge in [0.1, 0.15) is 11.6 Å². The van der Waals surface area contributed by atoms with Gasteiger partial charge in [0.25, 0.3) is 0 Å². The summed E-state index contributed by atoms with van der Waals surface area (Å²) in [5.74, 6) is 1.16. The summed E-state index contributed by atoms with van der Waals surface area (Å²) in [4.78, 5) is 8.29. The zero-order valence-corrected chi connectivity index (χ0v) is 16.5. The van der Waals surface area contributed by atoms with Crippen molar-refractivity contribution in [2.45, 2.75) is 12.7 Å². The third kappa shape index (κ3) is 4.40. The second-order valence-electron chi connectivity index (χ2n) is 7.16. The van der Waals surface area contributed by atoms with Crippen LogP contribution >= 0.6 is 0 Å². The molecule has 1 N–H and O–H groups in total. The molecule has 6 nitrogen and oxygen atoms in total. The average molecular weight is 417 g/mol. The summed E-state index contributed by atoms with van der Waals surface area (Å²) >= 11 is 0. The number of H-pyrrole nitrogens is 1. The SMILES string of the molecule is COc1ccc(-c2[nH]ncc2CN2CCN(c3cc(C(F)(F)F)ccn3)CC2)cc1. The first-order valence-electron chi connectivity index (χ1n) is 9.61. The number of aromatic amines is 1. The molecule has 1 fully saturated rings. The Morgan fingerprint density at radius 3 is 2.47 bits per heavy atom. The van der Waals surface area contributed by atoms with E-state index in [-0.39, 0.29) is 0 Å². The molecule has 0 saturated carbocycles. The molecule has 0 bridgehead atoms. The van der Waals surface area contributed by atoms with Gasteiger partial charge in [-0.3, -0.25) is 10.00 Å². The van der Waals surface area contributed by atoms with Gasteiger partial charge in [-0.15, -0.1) is 0 Å². The van der Waals surface area contributed by atoms with E-state index in [2.05, 4.69) is 20.1 Å². The molecule has 0 amide bonds. The lowest BCUT2D eigenvalue weighted by Crippen LogP contribution is -2.46. The Hall–Kier alpha value is -3.07. The third-order valence-electron chi connectivity index (χ3n) is 5.26. The third-order valence-corrected chi connectivity index (χ3v) is 5.26. The molecule has 0 radical (unpaired) electrons. The largest absolute Gasteiger partial charge is 0.497 e. The van der Waals surface area contributed by atoms with Crippen LogP contribution in [0.5, 0.6) is 5.75 Å². The standard InChI is InChI=1S/C21H22F3N5O/c1-30-18-4-2-15(3-5-18)20-16(13-26-27-20)14-28-8-10-29(11-9-28)19-12-17(6-7-25-19)21(22,23)24/h2-7,12-13H,8-11,14H2,1H3,(H,26,27). The number of piperazine rings is 1. The predicted octanol–water partition coefficient (Wildman–Crippen LogP) is 3.82. The number of rotatable bonds is 5. The summed E-state index contributed by atoms with van der Waals surface area (Å²) in [5.41, 5.74) is 2.39. The van der Waals surface area contributed by atoms with E-state index >= 15 is 0 Å². The van der Waals surface area contributed by atoms with Gasteiger partial charge in [0.05, 0.1) is 24.6 Å². The van der Waals surface area contributed by atoms with Crippen LogP contribution in [0.3, 0.4) is 0 Å². The molecule has 0 spiro atoms. The summed E-state index contributed by atoms with van der Waals surface area (Å²) in [7, 11) is 1.63. The molecule has 9 heteroatoms. The Bertz CT molecular complexity index is 979. The Morgan fingerprint density at radius 1 is 1.07 bits per heavy atom. The van der Waals surface area contributed by atoms with Crippen molar-refractivity contribution >= 4 is 5.82 Å². The number of aromatic nitrogens is 3. The van der Waals surface area contributed by atoms with Crippen molar-refractivity contribution in [1.29, 1.82) is 0 Å². The molecule has 0 unspecified atom stereocenters. The van der Waals surface area contributed by atoms with E-state index < -0.39 is 11.7 Å². The van der Waals surface area contributed by atoms with Crippen LogP contribution in [0.25, 0.3) is 11.3 Å². The number of nitrogens with zero attached hydrogens (tertiary/aromatic N) is 4. The van der Waals surface area contributed by atoms with E-state index in [0.29, 0.717) is 25.5 Å². The van der Waals surface area contributed by atoms with Crippen molar-refractivity contribution in [3.63, 3.8) is 0 Å². The average Bonchev–Trinajstić information content (AvgIpc) is 3.22. The minimum atomic E-state index is -4.36. The van der Waals surface area contributed by atoms with E-state index in [1.807, 2.05) is 35.4 Å². The molecule has 4 rings (SSSR count). The van der Waals surface area contributed by atoms with Crippen molar-refractivity contribution in [3.8, 4) is 17.0 Å². The minimum absolute atomic E-state index is 0.367. The Kier molecular flexibility index (Phi) is 5.63. The molecule has 2 aromatic heterocycles. The van der Waals surface area contributed by atoms with Crippen LogP contribution in [0.1, 0.15) is 11.1 Å². The van der Waals surface area contributed by atoms with Gasteiger partial charge >= 0.3 is 6.18 Å². The maximum absolute atomic E-state index is 13.0. The van der Waals surface area contributed by atoms with Crippen molar-refractivity contribution in [3.05, 3.63) is 59.9 Å². The number of ether oxygens (including phenoxy) is 1. The van der Waals surface area contributed by atoms with Crippen LogP contribution in [0.2, 0.25) is 0 Å². The molecule has 3 aromatic rings. The molecule has 1 saturated heterocycles. The topological polar surface area (TPSA) is 57.3 Å². The van der Waals surface area contributed by atoms with E-state index in [9.17, 15) is 13.2 Å². The monoisotopic (exact) mass is 417 g/mol.